The zero-order chi connectivity index (χ0) is 8.29. The van der Waals surface area contributed by atoms with Gasteiger partial charge in [0.1, 0.15) is 0 Å². The number of hydrogen-bond acceptors (Lipinski definition) is 0. The molecular weight excluding hydrogens is 280 g/mol. The van der Waals surface area contributed by atoms with Gasteiger partial charge in [0, 0.05) is 9.65 Å². The van der Waals surface area contributed by atoms with Crippen molar-refractivity contribution in [2.45, 2.75) is 35.3 Å². The summed E-state index contributed by atoms with van der Waals surface area (Å²) in [6, 6.07) is 0. The molecule has 0 radical (unpaired) electrons. The van der Waals surface area contributed by atoms with Gasteiger partial charge in [-0.05, 0) is 49.4 Å². The van der Waals surface area contributed by atoms with Crippen LogP contribution in [0.1, 0.15) is 25.7 Å². The lowest BCUT2D eigenvalue weighted by Crippen LogP contribution is -1.93. The van der Waals surface area contributed by atoms with Crippen LogP contribution in [0.4, 0.5) is 0 Å². The second-order valence-electron chi connectivity index (χ2n) is 4.70. The molecule has 0 aromatic rings. The van der Waals surface area contributed by atoms with E-state index in [1.165, 1.54) is 25.7 Å². The van der Waals surface area contributed by atoms with E-state index in [2.05, 4.69) is 31.9 Å². The molecule has 12 heavy (non-hydrogen) atoms. The van der Waals surface area contributed by atoms with Gasteiger partial charge in [-0.25, -0.2) is 0 Å². The number of rotatable bonds is 0. The zero-order valence-corrected chi connectivity index (χ0v) is 10.2. The highest BCUT2D eigenvalue weighted by Gasteiger charge is 2.55. The van der Waals surface area contributed by atoms with Crippen LogP contribution < -0.4 is 0 Å². The van der Waals surface area contributed by atoms with E-state index >= 15 is 0 Å². The molecule has 0 nitrogen and oxygen atoms in total. The lowest BCUT2D eigenvalue weighted by atomic mass is 10.0. The van der Waals surface area contributed by atoms with Crippen molar-refractivity contribution in [3.05, 3.63) is 0 Å². The van der Waals surface area contributed by atoms with Crippen molar-refractivity contribution in [2.24, 2.45) is 23.7 Å². The van der Waals surface area contributed by atoms with Crippen molar-refractivity contribution in [3.63, 3.8) is 0 Å². The maximum absolute atomic E-state index is 3.78. The fourth-order valence-electron chi connectivity index (χ4n) is 3.06. The topological polar surface area (TPSA) is 0 Å². The van der Waals surface area contributed by atoms with Crippen LogP contribution in [0.3, 0.4) is 0 Å². The Balaban J connectivity index is 1.66. The Kier molecular flexibility index (Phi) is 1.88. The van der Waals surface area contributed by atoms with Gasteiger partial charge in [0.25, 0.3) is 0 Å². The van der Waals surface area contributed by atoms with E-state index in [1.807, 2.05) is 0 Å². The lowest BCUT2D eigenvalue weighted by molar-refractivity contribution is 0.468. The van der Waals surface area contributed by atoms with E-state index in [-0.39, 0.29) is 0 Å². The fourth-order valence-corrected chi connectivity index (χ4v) is 5.33. The minimum Gasteiger partial charge on any atom is -0.0884 e. The SMILES string of the molecule is BrC1[C@H]2CC[C@H]3C(Br)[C@H]3CC[C@@H]12. The first kappa shape index (κ1) is 8.28. The Morgan fingerprint density at radius 3 is 1.08 bits per heavy atom. The van der Waals surface area contributed by atoms with Crippen molar-refractivity contribution in [2.75, 3.05) is 0 Å². The first-order valence-electron chi connectivity index (χ1n) is 5.07. The first-order valence-corrected chi connectivity index (χ1v) is 6.90. The summed E-state index contributed by atoms with van der Waals surface area (Å²) in [5.74, 6) is 4.19. The van der Waals surface area contributed by atoms with Gasteiger partial charge in [0.05, 0.1) is 0 Å². The van der Waals surface area contributed by atoms with E-state index in [4.69, 9.17) is 0 Å². The van der Waals surface area contributed by atoms with Gasteiger partial charge in [-0.2, -0.15) is 0 Å². The Hall–Kier alpha value is 0.960. The number of halogens is 2. The summed E-state index contributed by atoms with van der Waals surface area (Å²) in [6.07, 6.45) is 5.96. The zero-order valence-electron chi connectivity index (χ0n) is 7.05. The Morgan fingerprint density at radius 2 is 0.833 bits per heavy atom. The molecule has 0 spiro atoms. The van der Waals surface area contributed by atoms with Crippen LogP contribution in [0, 0.1) is 23.7 Å². The largest absolute Gasteiger partial charge is 0.0884 e. The second-order valence-corrected chi connectivity index (χ2v) is 6.81. The molecule has 0 aromatic carbocycles. The number of hydrogen-bond donors (Lipinski definition) is 0. The van der Waals surface area contributed by atoms with E-state index in [0.717, 1.165) is 33.3 Å². The van der Waals surface area contributed by atoms with Gasteiger partial charge in [-0.3, -0.25) is 0 Å². The van der Waals surface area contributed by atoms with Crippen molar-refractivity contribution >= 4 is 31.9 Å². The van der Waals surface area contributed by atoms with Crippen LogP contribution in [0.25, 0.3) is 0 Å². The monoisotopic (exact) mass is 292 g/mol. The number of alkyl halides is 2. The standard InChI is InChI=1S/C10H14Br2/c11-9-5-1-2-6-8(10(6)12)4-3-7(5)9/h5-10H,1-4H2/t5-,6+,7+,8-,9?,10?. The van der Waals surface area contributed by atoms with Crippen LogP contribution in [0.2, 0.25) is 0 Å². The lowest BCUT2D eigenvalue weighted by Gasteiger charge is -2.04. The predicted molar refractivity (Wildman–Crippen MR) is 57.9 cm³/mol. The third kappa shape index (κ3) is 1.13. The fraction of sp³-hybridized carbons (Fsp3) is 1.00. The van der Waals surface area contributed by atoms with Gasteiger partial charge in [0.15, 0.2) is 0 Å². The van der Waals surface area contributed by atoms with Crippen LogP contribution in [-0.2, 0) is 0 Å². The van der Waals surface area contributed by atoms with Gasteiger partial charge in [0.2, 0.25) is 0 Å². The van der Waals surface area contributed by atoms with Crippen molar-refractivity contribution < 1.29 is 0 Å². The minimum absolute atomic E-state index is 0.892. The third-order valence-corrected chi connectivity index (χ3v) is 6.84. The molecule has 3 aliphatic carbocycles. The molecule has 0 N–H and O–H groups in total. The van der Waals surface area contributed by atoms with Crippen LogP contribution in [-0.4, -0.2) is 9.65 Å². The summed E-state index contributed by atoms with van der Waals surface area (Å²) in [6.45, 7) is 0. The van der Waals surface area contributed by atoms with E-state index in [9.17, 15) is 0 Å². The molecule has 0 bridgehead atoms. The van der Waals surface area contributed by atoms with Crippen molar-refractivity contribution in [1.82, 2.24) is 0 Å². The maximum Gasteiger partial charge on any atom is 0.0208 e. The average Bonchev–Trinajstić information content (AvgIpc) is 2.76. The minimum atomic E-state index is 0.892. The average molecular weight is 294 g/mol. The molecule has 2 heteroatoms. The Labute approximate surface area is 90.7 Å². The molecule has 0 saturated heterocycles. The molecule has 3 aliphatic rings. The second kappa shape index (κ2) is 2.73. The van der Waals surface area contributed by atoms with Gasteiger partial charge in [-0.1, -0.05) is 31.9 Å². The first-order chi connectivity index (χ1) is 5.79. The van der Waals surface area contributed by atoms with Gasteiger partial charge >= 0.3 is 0 Å². The maximum atomic E-state index is 3.78. The summed E-state index contributed by atoms with van der Waals surface area (Å²) in [7, 11) is 0. The van der Waals surface area contributed by atoms with Crippen LogP contribution in [0.5, 0.6) is 0 Å². The predicted octanol–water partition coefficient (Wildman–Crippen LogP) is 3.58. The summed E-state index contributed by atoms with van der Waals surface area (Å²) in [5.41, 5.74) is 0. The highest BCUT2D eigenvalue weighted by molar-refractivity contribution is 9.10. The molecule has 0 heterocycles. The molecule has 68 valence electrons. The molecule has 3 fully saturated rings. The Bertz CT molecular complexity index is 162. The molecule has 0 aliphatic heterocycles. The van der Waals surface area contributed by atoms with Crippen molar-refractivity contribution in [1.29, 1.82) is 0 Å². The van der Waals surface area contributed by atoms with Crippen molar-refractivity contribution in [3.8, 4) is 0 Å². The van der Waals surface area contributed by atoms with Gasteiger partial charge in [-0.15, -0.1) is 0 Å². The van der Waals surface area contributed by atoms with Crippen LogP contribution >= 0.6 is 31.9 Å². The highest BCUT2D eigenvalue weighted by Crippen LogP contribution is 2.60. The summed E-state index contributed by atoms with van der Waals surface area (Å²) in [5, 5.41) is 0. The molecular formula is C10H14Br2. The quantitative estimate of drug-likeness (QED) is 0.599. The summed E-state index contributed by atoms with van der Waals surface area (Å²) in [4.78, 5) is 1.78. The molecule has 3 saturated carbocycles. The molecule has 3 rings (SSSR count). The summed E-state index contributed by atoms with van der Waals surface area (Å²) >= 11 is 7.57. The molecule has 0 aromatic heterocycles. The number of fused-ring (bicyclic) bond motifs is 2. The highest BCUT2D eigenvalue weighted by atomic mass is 79.9. The molecule has 2 unspecified atom stereocenters. The Morgan fingerprint density at radius 1 is 0.583 bits per heavy atom. The van der Waals surface area contributed by atoms with E-state index in [1.54, 1.807) is 0 Å². The van der Waals surface area contributed by atoms with E-state index in [0.29, 0.717) is 0 Å². The van der Waals surface area contributed by atoms with Gasteiger partial charge < -0.3 is 0 Å². The normalized spacial score (nSPS) is 62.5. The molecule has 0 amide bonds. The smallest absolute Gasteiger partial charge is 0.0208 e. The third-order valence-electron chi connectivity index (χ3n) is 4.12. The van der Waals surface area contributed by atoms with E-state index < -0.39 is 0 Å². The summed E-state index contributed by atoms with van der Waals surface area (Å²) < 4.78 is 0. The van der Waals surface area contributed by atoms with Crippen LogP contribution in [0.15, 0.2) is 0 Å². The molecule has 6 atom stereocenters.